The molecule has 0 aliphatic rings. The number of nitro groups is 1. The van der Waals surface area contributed by atoms with E-state index in [1.165, 1.54) is 14.1 Å². The molecule has 5 nitrogen and oxygen atoms in total. The second-order valence-electron chi connectivity index (χ2n) is 3.60. The van der Waals surface area contributed by atoms with Gasteiger partial charge in [-0.1, -0.05) is 0 Å². The van der Waals surface area contributed by atoms with E-state index in [2.05, 4.69) is 5.10 Å². The van der Waals surface area contributed by atoms with Crippen LogP contribution >= 0.6 is 0 Å². The lowest BCUT2D eigenvalue weighted by Gasteiger charge is -2.13. The molecule has 0 aliphatic heterocycles. The molecule has 8 heteroatoms. The van der Waals surface area contributed by atoms with Crippen LogP contribution in [0.1, 0.15) is 5.56 Å². The van der Waals surface area contributed by atoms with Crippen LogP contribution in [0.15, 0.2) is 29.4 Å². The van der Waals surface area contributed by atoms with Gasteiger partial charge in [0, 0.05) is 31.8 Å². The summed E-state index contributed by atoms with van der Waals surface area (Å²) >= 11 is 0. The van der Waals surface area contributed by atoms with Gasteiger partial charge in [-0.3, -0.25) is 10.1 Å². The molecular weight excluding hydrogens is 251 g/mol. The number of halogens is 3. The molecule has 1 rings (SSSR count). The van der Waals surface area contributed by atoms with Crippen LogP contribution in [0.4, 0.5) is 18.9 Å². The quantitative estimate of drug-likeness (QED) is 0.477. The summed E-state index contributed by atoms with van der Waals surface area (Å²) in [5.74, 6) is 0. The molecule has 0 radical (unpaired) electrons. The third-order valence-corrected chi connectivity index (χ3v) is 1.92. The minimum atomic E-state index is -4.62. The lowest BCUT2D eigenvalue weighted by molar-refractivity contribution is -0.384. The zero-order valence-electron chi connectivity index (χ0n) is 9.60. The fourth-order valence-corrected chi connectivity index (χ4v) is 1.22. The molecule has 0 spiro atoms. The largest absolute Gasteiger partial charge is 0.435 e. The van der Waals surface area contributed by atoms with E-state index in [-0.39, 0.29) is 11.3 Å². The van der Waals surface area contributed by atoms with Crippen LogP contribution in [0, 0.1) is 10.1 Å². The van der Waals surface area contributed by atoms with Crippen LogP contribution in [0.5, 0.6) is 0 Å². The highest BCUT2D eigenvalue weighted by Crippen LogP contribution is 2.24. The smallest absolute Gasteiger partial charge is 0.303 e. The summed E-state index contributed by atoms with van der Waals surface area (Å²) < 4.78 is 38.2. The predicted octanol–water partition coefficient (Wildman–Crippen LogP) is 2.42. The van der Waals surface area contributed by atoms with E-state index in [4.69, 9.17) is 0 Å². The summed E-state index contributed by atoms with van der Waals surface area (Å²) in [5.41, 5.74) is -1.59. The maximum atomic E-state index is 12.7. The van der Waals surface area contributed by atoms with E-state index in [1.54, 1.807) is 0 Å². The molecule has 0 aliphatic carbocycles. The van der Waals surface area contributed by atoms with Crippen molar-refractivity contribution in [3.63, 3.8) is 0 Å². The van der Waals surface area contributed by atoms with Gasteiger partial charge in [0.25, 0.3) is 5.69 Å². The van der Waals surface area contributed by atoms with E-state index in [0.717, 1.165) is 29.3 Å². The van der Waals surface area contributed by atoms with Crippen molar-refractivity contribution in [3.05, 3.63) is 39.9 Å². The number of hydrazone groups is 1. The topological polar surface area (TPSA) is 58.7 Å². The van der Waals surface area contributed by atoms with Gasteiger partial charge in [-0.05, 0) is 12.1 Å². The van der Waals surface area contributed by atoms with Gasteiger partial charge in [0.15, 0.2) is 5.71 Å². The number of non-ortho nitro benzene ring substituents is 1. The number of rotatable bonds is 3. The molecule has 0 aromatic heterocycles. The van der Waals surface area contributed by atoms with Crippen LogP contribution in [-0.2, 0) is 0 Å². The van der Waals surface area contributed by atoms with Crippen molar-refractivity contribution in [1.29, 1.82) is 0 Å². The lowest BCUT2D eigenvalue weighted by Crippen LogP contribution is -2.26. The Morgan fingerprint density at radius 3 is 2.11 bits per heavy atom. The molecule has 0 fully saturated rings. The third kappa shape index (κ3) is 3.44. The second-order valence-corrected chi connectivity index (χ2v) is 3.60. The van der Waals surface area contributed by atoms with Crippen molar-refractivity contribution in [1.82, 2.24) is 5.01 Å². The van der Waals surface area contributed by atoms with Crippen molar-refractivity contribution in [2.45, 2.75) is 6.18 Å². The Balaban J connectivity index is 3.19. The first-order valence-electron chi connectivity index (χ1n) is 4.80. The molecule has 0 N–H and O–H groups in total. The van der Waals surface area contributed by atoms with Crippen molar-refractivity contribution in [2.24, 2.45) is 5.10 Å². The molecule has 0 saturated heterocycles. The number of nitro benzene ring substituents is 1. The Labute approximate surface area is 101 Å². The summed E-state index contributed by atoms with van der Waals surface area (Å²) in [4.78, 5) is 9.72. The van der Waals surface area contributed by atoms with E-state index in [1.807, 2.05) is 0 Å². The van der Waals surface area contributed by atoms with E-state index < -0.39 is 16.8 Å². The summed E-state index contributed by atoms with van der Waals surface area (Å²) in [6.07, 6.45) is -4.62. The van der Waals surface area contributed by atoms with Gasteiger partial charge in [0.1, 0.15) is 0 Å². The zero-order chi connectivity index (χ0) is 13.9. The van der Waals surface area contributed by atoms with Gasteiger partial charge < -0.3 is 5.01 Å². The summed E-state index contributed by atoms with van der Waals surface area (Å²) in [7, 11) is 2.72. The van der Waals surface area contributed by atoms with E-state index in [0.29, 0.717) is 0 Å². The van der Waals surface area contributed by atoms with Crippen LogP contribution in [0.3, 0.4) is 0 Å². The lowest BCUT2D eigenvalue weighted by atomic mass is 10.1. The highest BCUT2D eigenvalue weighted by atomic mass is 19.4. The zero-order valence-corrected chi connectivity index (χ0v) is 9.60. The average molecular weight is 261 g/mol. The third-order valence-electron chi connectivity index (χ3n) is 1.92. The predicted molar refractivity (Wildman–Crippen MR) is 59.4 cm³/mol. The van der Waals surface area contributed by atoms with Crippen molar-refractivity contribution >= 4 is 11.4 Å². The van der Waals surface area contributed by atoms with E-state index >= 15 is 0 Å². The Bertz CT molecular complexity index is 466. The van der Waals surface area contributed by atoms with Crippen molar-refractivity contribution in [3.8, 4) is 0 Å². The number of hydrogen-bond acceptors (Lipinski definition) is 4. The molecule has 0 amide bonds. The Kier molecular flexibility index (Phi) is 3.89. The maximum Gasteiger partial charge on any atom is 0.435 e. The van der Waals surface area contributed by atoms with Crippen LogP contribution in [0.2, 0.25) is 0 Å². The molecule has 0 heterocycles. The van der Waals surface area contributed by atoms with Crippen molar-refractivity contribution in [2.75, 3.05) is 14.1 Å². The molecule has 0 unspecified atom stereocenters. The number of hydrogen-bond donors (Lipinski definition) is 0. The number of nitrogens with zero attached hydrogens (tertiary/aromatic N) is 3. The molecule has 0 saturated carbocycles. The van der Waals surface area contributed by atoms with Gasteiger partial charge in [0.05, 0.1) is 4.92 Å². The highest BCUT2D eigenvalue weighted by molar-refractivity contribution is 6.04. The first kappa shape index (κ1) is 13.9. The second kappa shape index (κ2) is 5.03. The summed E-state index contributed by atoms with van der Waals surface area (Å²) in [5, 5.41) is 14.8. The van der Waals surface area contributed by atoms with Crippen molar-refractivity contribution < 1.29 is 18.1 Å². The molecule has 18 heavy (non-hydrogen) atoms. The summed E-state index contributed by atoms with van der Waals surface area (Å²) in [6.45, 7) is 0. The first-order valence-corrected chi connectivity index (χ1v) is 4.80. The minimum absolute atomic E-state index is 0.221. The maximum absolute atomic E-state index is 12.7. The fraction of sp³-hybridized carbons (Fsp3) is 0.300. The Morgan fingerprint density at radius 2 is 1.78 bits per heavy atom. The number of alkyl halides is 3. The van der Waals surface area contributed by atoms with Gasteiger partial charge in [-0.25, -0.2) is 0 Å². The van der Waals surface area contributed by atoms with Gasteiger partial charge in [-0.15, -0.1) is 0 Å². The highest BCUT2D eigenvalue weighted by Gasteiger charge is 2.37. The molecule has 0 atom stereocenters. The van der Waals surface area contributed by atoms with Gasteiger partial charge in [-0.2, -0.15) is 18.3 Å². The monoisotopic (exact) mass is 261 g/mol. The SMILES string of the molecule is CN(C)/N=C(/c1ccc([N+](=O)[O-])cc1)C(F)(F)F. The molecule has 1 aromatic rings. The molecule has 0 bridgehead atoms. The normalized spacial score (nSPS) is 12.4. The molecule has 98 valence electrons. The standard InChI is InChI=1S/C10H10F3N3O2/c1-15(2)14-9(10(11,12)13)7-3-5-8(6-4-7)16(17)18/h3-6H,1-2H3/b14-9-. The molecular formula is C10H10F3N3O2. The fourth-order valence-electron chi connectivity index (χ4n) is 1.22. The summed E-state index contributed by atoms with van der Waals surface area (Å²) in [6, 6.07) is 4.06. The minimum Gasteiger partial charge on any atom is -0.303 e. The van der Waals surface area contributed by atoms with Gasteiger partial charge >= 0.3 is 6.18 Å². The average Bonchev–Trinajstić information content (AvgIpc) is 2.24. The molecule has 1 aromatic carbocycles. The van der Waals surface area contributed by atoms with Gasteiger partial charge in [0.2, 0.25) is 0 Å². The Morgan fingerprint density at radius 1 is 1.28 bits per heavy atom. The van der Waals surface area contributed by atoms with Crippen LogP contribution < -0.4 is 0 Å². The number of benzene rings is 1. The Hall–Kier alpha value is -2.12. The van der Waals surface area contributed by atoms with E-state index in [9.17, 15) is 23.3 Å². The van der Waals surface area contributed by atoms with Crippen LogP contribution in [-0.4, -0.2) is 35.9 Å². The first-order chi connectivity index (χ1) is 8.21. The van der Waals surface area contributed by atoms with Crippen LogP contribution in [0.25, 0.3) is 0 Å².